The first-order chi connectivity index (χ1) is 45.3. The number of anilines is 2. The van der Waals surface area contributed by atoms with Gasteiger partial charge in [0.25, 0.3) is 0 Å². The highest BCUT2D eigenvalue weighted by Gasteiger charge is 2.67. The number of halogens is 3. The molecule has 10 aromatic rings. The number of nitrogens with two attached hydrogens (primary N) is 2. The van der Waals surface area contributed by atoms with Crippen molar-refractivity contribution in [2.45, 2.75) is 128 Å². The Hall–Kier alpha value is -8.39. The van der Waals surface area contributed by atoms with Crippen LogP contribution in [0, 0.1) is 0 Å². The standard InChI is InChI=1S/C34H36N4O4.C33H34N4O5.C2H5BF.C2H6O.F2/c1-33(30-19-18-28-32(35)36-24-37-38(28)30)34(2,41-22-27-16-10-5-11-17-27)31(40-21-26-14-8-4-9-15-26)29(42-33)23-39-20-25-12-6-3-7-13-25;1-32(41-21-26-15-9-4-10-16-26)30(40-20-25-13-7-3-8-14-25)28(22-39-19-24-11-5-2-6-12-24)42-33(32,38)29-18-17-27-31(34)35-23-36-37(27)29;1-2-3-4;1-2-3;1-2/h3-19,24,29,31H,20-23H2,1-2H3,(H2,35,36,37);2-18,23,28,30,38H,19-22H2,1H3,(H2,34,35,36);2H2,1H3;3H,2H2,1H3;/t29-,31-,33+,34-;28-,30-,32-,33?;;;/m11.../s1. The van der Waals surface area contributed by atoms with Crippen LogP contribution in [0.4, 0.5) is 25.1 Å². The van der Waals surface area contributed by atoms with E-state index >= 15 is 0 Å². The van der Waals surface area contributed by atoms with Crippen molar-refractivity contribution in [3.8, 4) is 0 Å². The molecule has 0 bridgehead atoms. The van der Waals surface area contributed by atoms with Crippen LogP contribution in [0.1, 0.15) is 79.4 Å². The highest BCUT2D eigenvalue weighted by molar-refractivity contribution is 6.25. The number of hydrogen-bond donors (Lipinski definition) is 4. The Kier molecular flexibility index (Phi) is 26.1. The summed E-state index contributed by atoms with van der Waals surface area (Å²) in [5.74, 6) is -1.31. The van der Waals surface area contributed by atoms with Crippen LogP contribution in [0.2, 0.25) is 6.32 Å². The first kappa shape index (κ1) is 70.5. The normalized spacial score (nSPS) is 22.1. The number of nitrogen functional groups attached to an aromatic ring is 2. The number of aromatic nitrogens is 6. The molecule has 12 rings (SSSR count). The van der Waals surface area contributed by atoms with Gasteiger partial charge in [-0.25, -0.2) is 19.0 Å². The van der Waals surface area contributed by atoms with Gasteiger partial charge in [-0.1, -0.05) is 189 Å². The number of hydrogen-bond acceptors (Lipinski definition) is 16. The molecule has 489 valence electrons. The zero-order valence-corrected chi connectivity index (χ0v) is 52.9. The molecule has 22 heteroatoms. The number of aliphatic hydroxyl groups excluding tert-OH is 1. The van der Waals surface area contributed by atoms with Gasteiger partial charge in [0.1, 0.15) is 65.0 Å². The lowest BCUT2D eigenvalue weighted by Gasteiger charge is -2.41. The van der Waals surface area contributed by atoms with Gasteiger partial charge in [-0.15, -0.1) is 0 Å². The number of nitrogens with zero attached hydrogens (tertiary/aromatic N) is 6. The minimum Gasteiger partial charge on any atom is -0.397 e. The Morgan fingerprint density at radius 2 is 0.806 bits per heavy atom. The molecule has 18 nitrogen and oxygen atoms in total. The molecule has 6 N–H and O–H groups in total. The first-order valence-electron chi connectivity index (χ1n) is 30.6. The molecule has 0 saturated carbocycles. The van der Waals surface area contributed by atoms with Crippen LogP contribution in [-0.4, -0.2) is 102 Å². The van der Waals surface area contributed by atoms with Crippen LogP contribution in [0.3, 0.4) is 0 Å². The molecule has 6 aromatic carbocycles. The molecule has 2 fully saturated rings. The van der Waals surface area contributed by atoms with Gasteiger partial charge in [-0.2, -0.15) is 10.2 Å². The summed E-state index contributed by atoms with van der Waals surface area (Å²) in [6.45, 7) is 12.2. The van der Waals surface area contributed by atoms with Crippen molar-refractivity contribution in [1.29, 1.82) is 0 Å². The van der Waals surface area contributed by atoms with Crippen molar-refractivity contribution in [2.24, 2.45) is 0 Å². The summed E-state index contributed by atoms with van der Waals surface area (Å²) in [5, 5.41) is 29.1. The summed E-state index contributed by atoms with van der Waals surface area (Å²) in [4.78, 5) is 8.27. The highest BCUT2D eigenvalue weighted by atomic mass is 20.0. The number of benzene rings is 6. The van der Waals surface area contributed by atoms with Crippen LogP contribution in [-0.2, 0) is 88.9 Å². The molecule has 6 heterocycles. The molecular weight excluding hydrogens is 1190 g/mol. The van der Waals surface area contributed by atoms with Gasteiger partial charge >= 0.3 is 7.56 Å². The van der Waals surface area contributed by atoms with Gasteiger partial charge in [0.15, 0.2) is 17.2 Å². The summed E-state index contributed by atoms with van der Waals surface area (Å²) in [7, 11) is 0.625. The fourth-order valence-corrected chi connectivity index (χ4v) is 11.3. The summed E-state index contributed by atoms with van der Waals surface area (Å²) >= 11 is 0. The molecule has 0 spiro atoms. The second-order valence-corrected chi connectivity index (χ2v) is 22.4. The number of fused-ring (bicyclic) bond motifs is 2. The smallest absolute Gasteiger partial charge is 0.354 e. The molecule has 2 saturated heterocycles. The Balaban J connectivity index is 0.000000212. The van der Waals surface area contributed by atoms with Crippen molar-refractivity contribution in [3.05, 3.63) is 264 Å². The van der Waals surface area contributed by atoms with E-state index in [2.05, 4.69) is 51.4 Å². The molecular formula is C71H81BF3N8O10. The van der Waals surface area contributed by atoms with Crippen molar-refractivity contribution in [2.75, 3.05) is 31.3 Å². The Labute approximate surface area is 541 Å². The maximum absolute atomic E-state index is 12.6. The third kappa shape index (κ3) is 17.1. The van der Waals surface area contributed by atoms with E-state index < -0.39 is 47.0 Å². The van der Waals surface area contributed by atoms with E-state index in [-0.39, 0.29) is 32.2 Å². The maximum Gasteiger partial charge on any atom is 0.354 e. The van der Waals surface area contributed by atoms with Crippen LogP contribution in [0.25, 0.3) is 11.0 Å². The zero-order valence-electron chi connectivity index (χ0n) is 52.9. The summed E-state index contributed by atoms with van der Waals surface area (Å²) < 4.78 is 82.7. The molecule has 0 amide bonds. The second-order valence-electron chi connectivity index (χ2n) is 22.4. The Bertz CT molecular complexity index is 3530. The highest BCUT2D eigenvalue weighted by Crippen LogP contribution is 2.52. The number of rotatable bonds is 23. The Morgan fingerprint density at radius 1 is 0.484 bits per heavy atom. The monoisotopic (exact) mass is 1270 g/mol. The van der Waals surface area contributed by atoms with Crippen molar-refractivity contribution in [1.82, 2.24) is 29.2 Å². The lowest BCUT2D eigenvalue weighted by Crippen LogP contribution is -2.55. The third-order valence-corrected chi connectivity index (χ3v) is 16.1. The molecule has 8 atom stereocenters. The Morgan fingerprint density at radius 3 is 1.19 bits per heavy atom. The maximum atomic E-state index is 12.6. The predicted octanol–water partition coefficient (Wildman–Crippen LogP) is 12.2. The largest absolute Gasteiger partial charge is 0.397 e. The van der Waals surface area contributed by atoms with Crippen molar-refractivity contribution in [3.63, 3.8) is 0 Å². The minimum absolute atomic E-state index is 0.154. The SMILES string of the molecule is CCO.CC[B]F.C[C@@]1(OCc2ccccc2)[C@H](OCc2ccccc2)[C@@H](COCc2ccccc2)OC1(O)c1ccc2c(N)ncnn12.C[C@@]1(c2ccc3c(N)ncnn23)O[C@H](COCc2ccccc2)[C@@H](OCc2ccccc2)[C@@]1(C)OCc1ccccc1.FF. The number of aliphatic hydroxyl groups is 2. The summed E-state index contributed by atoms with van der Waals surface area (Å²) in [6.07, 6.45) is 0.992. The van der Waals surface area contributed by atoms with Gasteiger partial charge in [-0.3, -0.25) is 0 Å². The first-order valence-corrected chi connectivity index (χ1v) is 30.6. The molecule has 1 unspecified atom stereocenters. The van der Waals surface area contributed by atoms with E-state index in [9.17, 15) is 9.42 Å². The van der Waals surface area contributed by atoms with E-state index in [4.69, 9.17) is 63.6 Å². The lowest BCUT2D eigenvalue weighted by atomic mass is 9.80. The van der Waals surface area contributed by atoms with Crippen LogP contribution < -0.4 is 11.5 Å². The zero-order chi connectivity index (χ0) is 66.1. The van der Waals surface area contributed by atoms with Gasteiger partial charge in [0, 0.05) is 15.8 Å². The summed E-state index contributed by atoms with van der Waals surface area (Å²) in [6, 6.07) is 67.3. The molecule has 4 aromatic heterocycles. The third-order valence-electron chi connectivity index (χ3n) is 16.1. The fraction of sp³-hybridized carbons (Fsp3) is 0.324. The van der Waals surface area contributed by atoms with E-state index in [1.54, 1.807) is 30.5 Å². The van der Waals surface area contributed by atoms with E-state index in [1.165, 1.54) is 17.2 Å². The van der Waals surface area contributed by atoms with Crippen LogP contribution in [0.15, 0.2) is 219 Å². The van der Waals surface area contributed by atoms with Crippen molar-refractivity contribution < 1.29 is 61.6 Å². The topological polar surface area (TPSA) is 227 Å². The average Bonchev–Trinajstić information content (AvgIpc) is 1.57. The van der Waals surface area contributed by atoms with E-state index in [0.29, 0.717) is 69.5 Å². The van der Waals surface area contributed by atoms with Gasteiger partial charge < -0.3 is 63.9 Å². The van der Waals surface area contributed by atoms with Gasteiger partial charge in [0.05, 0.1) is 58.5 Å². The van der Waals surface area contributed by atoms with E-state index in [0.717, 1.165) is 39.1 Å². The van der Waals surface area contributed by atoms with E-state index in [1.807, 2.05) is 184 Å². The molecule has 2 aliphatic heterocycles. The van der Waals surface area contributed by atoms with Crippen LogP contribution >= 0.6 is 0 Å². The van der Waals surface area contributed by atoms with Crippen molar-refractivity contribution >= 4 is 30.2 Å². The predicted molar refractivity (Wildman–Crippen MR) is 350 cm³/mol. The van der Waals surface area contributed by atoms with Crippen LogP contribution in [0.5, 0.6) is 0 Å². The quantitative estimate of drug-likeness (QED) is 0.0437. The van der Waals surface area contributed by atoms with Gasteiger partial charge in [-0.05, 0) is 91.7 Å². The molecule has 0 aliphatic carbocycles. The lowest BCUT2D eigenvalue weighted by molar-refractivity contribution is -0.294. The molecule has 1 radical (unpaired) electrons. The number of ether oxygens (including phenoxy) is 8. The molecule has 93 heavy (non-hydrogen) atoms. The minimum atomic E-state index is -1.99. The summed E-state index contributed by atoms with van der Waals surface area (Å²) in [5.41, 5.74) is 17.6. The van der Waals surface area contributed by atoms with Gasteiger partial charge in [0.2, 0.25) is 5.79 Å². The second kappa shape index (κ2) is 34.5. The fourth-order valence-electron chi connectivity index (χ4n) is 11.3. The average molecular weight is 1270 g/mol. The molecule has 2 aliphatic rings.